The molecule has 0 aromatic heterocycles. The Labute approximate surface area is 112 Å². The second-order valence-corrected chi connectivity index (χ2v) is 5.20. The Balaban J connectivity index is 3.02. The van der Waals surface area contributed by atoms with Crippen LogP contribution in [0.2, 0.25) is 0 Å². The van der Waals surface area contributed by atoms with Gasteiger partial charge in [0.2, 0.25) is 0 Å². The summed E-state index contributed by atoms with van der Waals surface area (Å²) in [6.07, 6.45) is -4.70. The lowest BCUT2D eigenvalue weighted by Gasteiger charge is -2.13. The van der Waals surface area contributed by atoms with Crippen LogP contribution in [0.1, 0.15) is 22.8 Å². The van der Waals surface area contributed by atoms with Crippen LogP contribution in [-0.2, 0) is 6.18 Å². The summed E-state index contributed by atoms with van der Waals surface area (Å²) in [6, 6.07) is 3.13. The Morgan fingerprint density at radius 2 is 2.05 bits per heavy atom. The number of aromatic carboxylic acids is 1. The number of thioether (sulfide) groups is 1. The minimum Gasteiger partial charge on any atom is -0.478 e. The van der Waals surface area contributed by atoms with Crippen molar-refractivity contribution >= 4 is 17.7 Å². The van der Waals surface area contributed by atoms with Crippen molar-refractivity contribution in [3.63, 3.8) is 0 Å². The van der Waals surface area contributed by atoms with E-state index in [1.54, 1.807) is 6.92 Å². The number of hydrogen-bond donors (Lipinski definition) is 2. The molecule has 1 aromatic rings. The van der Waals surface area contributed by atoms with Crippen molar-refractivity contribution in [1.82, 2.24) is 0 Å². The summed E-state index contributed by atoms with van der Waals surface area (Å²) < 4.78 is 38.2. The number of alkyl halides is 3. The highest BCUT2D eigenvalue weighted by Crippen LogP contribution is 2.35. The van der Waals surface area contributed by atoms with E-state index in [0.717, 1.165) is 23.9 Å². The molecular formula is C12H13F3O3S. The number of carboxylic acid groups (broad SMARTS) is 1. The van der Waals surface area contributed by atoms with E-state index in [1.165, 1.54) is 6.07 Å². The first-order chi connectivity index (χ1) is 8.75. The molecule has 0 amide bonds. The van der Waals surface area contributed by atoms with Gasteiger partial charge in [-0.25, -0.2) is 4.79 Å². The number of halogens is 3. The van der Waals surface area contributed by atoms with Crippen molar-refractivity contribution in [1.29, 1.82) is 0 Å². The molecule has 1 unspecified atom stereocenters. The highest BCUT2D eigenvalue weighted by Gasteiger charge is 2.35. The van der Waals surface area contributed by atoms with Crippen molar-refractivity contribution in [2.75, 3.05) is 12.4 Å². The van der Waals surface area contributed by atoms with Gasteiger partial charge in [-0.2, -0.15) is 13.2 Å². The van der Waals surface area contributed by atoms with Crippen LogP contribution in [0.5, 0.6) is 0 Å². The van der Waals surface area contributed by atoms with E-state index in [9.17, 15) is 18.0 Å². The van der Waals surface area contributed by atoms with Crippen LogP contribution in [0.3, 0.4) is 0 Å². The summed E-state index contributed by atoms with van der Waals surface area (Å²) >= 11 is 1.15. The van der Waals surface area contributed by atoms with E-state index in [4.69, 9.17) is 10.2 Å². The number of benzene rings is 1. The Kier molecular flexibility index (Phi) is 5.25. The molecule has 0 spiro atoms. The third kappa shape index (κ3) is 4.43. The zero-order chi connectivity index (χ0) is 14.6. The number of aliphatic hydroxyl groups is 1. The minimum atomic E-state index is -4.70. The SMILES string of the molecule is CC(CO)CSc1ccc(C(=O)O)c(C(F)(F)F)c1. The van der Waals surface area contributed by atoms with Gasteiger partial charge in [0.1, 0.15) is 0 Å². The van der Waals surface area contributed by atoms with E-state index >= 15 is 0 Å². The lowest BCUT2D eigenvalue weighted by molar-refractivity contribution is -0.138. The van der Waals surface area contributed by atoms with Crippen LogP contribution in [0.15, 0.2) is 23.1 Å². The first-order valence-corrected chi connectivity index (χ1v) is 6.42. The van der Waals surface area contributed by atoms with Crippen molar-refractivity contribution in [3.05, 3.63) is 29.3 Å². The molecule has 7 heteroatoms. The topological polar surface area (TPSA) is 57.5 Å². The smallest absolute Gasteiger partial charge is 0.417 e. The van der Waals surface area contributed by atoms with Crippen LogP contribution >= 0.6 is 11.8 Å². The quantitative estimate of drug-likeness (QED) is 0.819. The summed E-state index contributed by atoms with van der Waals surface area (Å²) in [7, 11) is 0. The normalized spacial score (nSPS) is 13.3. The fourth-order valence-electron chi connectivity index (χ4n) is 1.33. The summed E-state index contributed by atoms with van der Waals surface area (Å²) in [5.74, 6) is -1.19. The zero-order valence-corrected chi connectivity index (χ0v) is 10.9. The van der Waals surface area contributed by atoms with Crippen molar-refractivity contribution < 1.29 is 28.2 Å². The molecule has 0 aliphatic heterocycles. The minimum absolute atomic E-state index is 0.0431. The van der Waals surface area contributed by atoms with Gasteiger partial charge in [0.25, 0.3) is 0 Å². The molecule has 19 heavy (non-hydrogen) atoms. The molecule has 1 rings (SSSR count). The van der Waals surface area contributed by atoms with E-state index < -0.39 is 23.3 Å². The summed E-state index contributed by atoms with van der Waals surface area (Å²) in [5.41, 5.74) is -1.91. The van der Waals surface area contributed by atoms with E-state index in [2.05, 4.69) is 0 Å². The van der Waals surface area contributed by atoms with Gasteiger partial charge in [-0.3, -0.25) is 0 Å². The molecule has 1 atom stereocenters. The Morgan fingerprint density at radius 3 is 2.53 bits per heavy atom. The second-order valence-electron chi connectivity index (χ2n) is 4.11. The third-order valence-electron chi connectivity index (χ3n) is 2.37. The molecule has 0 aliphatic rings. The van der Waals surface area contributed by atoms with Crippen LogP contribution in [0.25, 0.3) is 0 Å². The molecule has 106 valence electrons. The van der Waals surface area contributed by atoms with Crippen LogP contribution < -0.4 is 0 Å². The molecule has 2 N–H and O–H groups in total. The van der Waals surface area contributed by atoms with Gasteiger partial charge >= 0.3 is 12.1 Å². The summed E-state index contributed by atoms with van der Waals surface area (Å²) in [5, 5.41) is 17.6. The molecule has 0 fully saturated rings. The standard InChI is InChI=1S/C12H13F3O3S/c1-7(5-16)6-19-8-2-3-9(11(17)18)10(4-8)12(13,14)15/h2-4,7,16H,5-6H2,1H3,(H,17,18). The van der Waals surface area contributed by atoms with E-state index in [1.807, 2.05) is 0 Å². The average Bonchev–Trinajstić information content (AvgIpc) is 2.34. The van der Waals surface area contributed by atoms with Crippen molar-refractivity contribution in [2.24, 2.45) is 5.92 Å². The van der Waals surface area contributed by atoms with Gasteiger partial charge in [0.15, 0.2) is 0 Å². The fourth-order valence-corrected chi connectivity index (χ4v) is 2.27. The lowest BCUT2D eigenvalue weighted by atomic mass is 10.1. The largest absolute Gasteiger partial charge is 0.478 e. The van der Waals surface area contributed by atoms with Gasteiger partial charge in [0, 0.05) is 17.3 Å². The molecule has 1 aromatic carbocycles. The summed E-state index contributed by atoms with van der Waals surface area (Å²) in [4.78, 5) is 11.1. The number of carboxylic acids is 1. The first-order valence-electron chi connectivity index (χ1n) is 5.44. The number of aliphatic hydroxyl groups excluding tert-OH is 1. The Bertz CT molecular complexity index is 460. The third-order valence-corrected chi connectivity index (χ3v) is 3.70. The lowest BCUT2D eigenvalue weighted by Crippen LogP contribution is -2.13. The molecule has 0 heterocycles. The summed E-state index contributed by atoms with van der Waals surface area (Å²) in [6.45, 7) is 1.72. The van der Waals surface area contributed by atoms with Gasteiger partial charge in [0.05, 0.1) is 11.1 Å². The Morgan fingerprint density at radius 1 is 1.42 bits per heavy atom. The van der Waals surface area contributed by atoms with Crippen LogP contribution in [0, 0.1) is 5.92 Å². The van der Waals surface area contributed by atoms with E-state index in [0.29, 0.717) is 10.6 Å². The number of carbonyl (C=O) groups is 1. The van der Waals surface area contributed by atoms with E-state index in [-0.39, 0.29) is 12.5 Å². The Hall–Kier alpha value is -1.21. The van der Waals surface area contributed by atoms with Gasteiger partial charge < -0.3 is 10.2 Å². The number of rotatable bonds is 5. The van der Waals surface area contributed by atoms with Gasteiger partial charge in [-0.15, -0.1) is 11.8 Å². The molecule has 0 bridgehead atoms. The van der Waals surface area contributed by atoms with Crippen LogP contribution in [0.4, 0.5) is 13.2 Å². The molecule has 3 nitrogen and oxygen atoms in total. The number of hydrogen-bond acceptors (Lipinski definition) is 3. The molecule has 0 saturated heterocycles. The monoisotopic (exact) mass is 294 g/mol. The maximum atomic E-state index is 12.7. The predicted octanol–water partition coefficient (Wildman–Crippen LogP) is 3.12. The van der Waals surface area contributed by atoms with Crippen LogP contribution in [-0.4, -0.2) is 28.5 Å². The fraction of sp³-hybridized carbons (Fsp3) is 0.417. The van der Waals surface area contributed by atoms with Gasteiger partial charge in [-0.05, 0) is 24.1 Å². The zero-order valence-electron chi connectivity index (χ0n) is 10.1. The molecule has 0 saturated carbocycles. The highest BCUT2D eigenvalue weighted by atomic mass is 32.2. The highest BCUT2D eigenvalue weighted by molar-refractivity contribution is 7.99. The second kappa shape index (κ2) is 6.29. The van der Waals surface area contributed by atoms with Crippen molar-refractivity contribution in [3.8, 4) is 0 Å². The molecular weight excluding hydrogens is 281 g/mol. The van der Waals surface area contributed by atoms with Gasteiger partial charge in [-0.1, -0.05) is 6.92 Å². The first kappa shape index (κ1) is 15.8. The maximum absolute atomic E-state index is 12.7. The van der Waals surface area contributed by atoms with Crippen molar-refractivity contribution in [2.45, 2.75) is 18.0 Å². The maximum Gasteiger partial charge on any atom is 0.417 e. The average molecular weight is 294 g/mol. The predicted molar refractivity (Wildman–Crippen MR) is 65.4 cm³/mol. The molecule has 0 radical (unpaired) electrons. The molecule has 0 aliphatic carbocycles.